The number of unbranched alkanes of at least 4 members (excludes halogenated alkanes) is 1. The van der Waals surface area contributed by atoms with Crippen molar-refractivity contribution >= 4 is 6.03 Å². The molecule has 1 aromatic carbocycles. The van der Waals surface area contributed by atoms with Crippen molar-refractivity contribution in [2.45, 2.75) is 39.7 Å². The summed E-state index contributed by atoms with van der Waals surface area (Å²) in [5, 5.41) is 5.72. The summed E-state index contributed by atoms with van der Waals surface area (Å²) in [5.74, 6) is 0. The zero-order valence-electron chi connectivity index (χ0n) is 15.0. The quantitative estimate of drug-likeness (QED) is 0.725. The Morgan fingerprint density at radius 1 is 0.960 bits per heavy atom. The van der Waals surface area contributed by atoms with E-state index in [0.717, 1.165) is 25.0 Å². The van der Waals surface area contributed by atoms with Crippen LogP contribution in [0.25, 0.3) is 0 Å². The van der Waals surface area contributed by atoms with Crippen molar-refractivity contribution in [3.8, 4) is 0 Å². The Hall–Kier alpha value is -2.56. The third-order valence-corrected chi connectivity index (χ3v) is 4.18. The van der Waals surface area contributed by atoms with E-state index in [-0.39, 0.29) is 11.6 Å². The number of hydrogen-bond donors (Lipinski definition) is 2. The molecule has 25 heavy (non-hydrogen) atoms. The molecule has 0 radical (unpaired) electrons. The molecule has 1 heterocycles. The van der Waals surface area contributed by atoms with E-state index in [1.807, 2.05) is 13.0 Å². The SMILES string of the molecule is Cc1ccc(CCNC(=O)NCCCCn2c(C)cccc2=O)cc1. The maximum Gasteiger partial charge on any atom is 0.314 e. The molecule has 2 N–H and O–H groups in total. The van der Waals surface area contributed by atoms with Crippen LogP contribution in [-0.4, -0.2) is 23.7 Å². The molecule has 0 saturated heterocycles. The second kappa shape index (κ2) is 9.67. The van der Waals surface area contributed by atoms with Gasteiger partial charge in [0.25, 0.3) is 5.56 Å². The summed E-state index contributed by atoms with van der Waals surface area (Å²) < 4.78 is 1.77. The number of aryl methyl sites for hydroxylation is 2. The number of aromatic nitrogens is 1. The van der Waals surface area contributed by atoms with Gasteiger partial charge in [0.2, 0.25) is 0 Å². The number of carbonyl (C=O) groups is 1. The van der Waals surface area contributed by atoms with Gasteiger partial charge < -0.3 is 15.2 Å². The number of urea groups is 1. The second-order valence-electron chi connectivity index (χ2n) is 6.28. The third kappa shape index (κ3) is 6.45. The zero-order chi connectivity index (χ0) is 18.1. The molecule has 134 valence electrons. The first kappa shape index (κ1) is 18.8. The Balaban J connectivity index is 1.58. The summed E-state index contributed by atoms with van der Waals surface area (Å²) in [4.78, 5) is 23.5. The molecule has 0 aliphatic heterocycles. The smallest absolute Gasteiger partial charge is 0.314 e. The lowest BCUT2D eigenvalue weighted by Crippen LogP contribution is -2.37. The van der Waals surface area contributed by atoms with E-state index in [9.17, 15) is 9.59 Å². The summed E-state index contributed by atoms with van der Waals surface area (Å²) in [7, 11) is 0. The van der Waals surface area contributed by atoms with Crippen molar-refractivity contribution in [1.29, 1.82) is 0 Å². The molecule has 0 saturated carbocycles. The molecular formula is C20H27N3O2. The van der Waals surface area contributed by atoms with Crippen LogP contribution in [0.15, 0.2) is 47.3 Å². The minimum Gasteiger partial charge on any atom is -0.338 e. The van der Waals surface area contributed by atoms with Gasteiger partial charge in [-0.15, -0.1) is 0 Å². The van der Waals surface area contributed by atoms with Crippen molar-refractivity contribution in [2.75, 3.05) is 13.1 Å². The number of benzene rings is 1. The van der Waals surface area contributed by atoms with Crippen LogP contribution in [0.5, 0.6) is 0 Å². The summed E-state index contributed by atoms with van der Waals surface area (Å²) >= 11 is 0. The van der Waals surface area contributed by atoms with E-state index in [0.29, 0.717) is 19.6 Å². The molecule has 2 aromatic rings. The predicted molar refractivity (Wildman–Crippen MR) is 101 cm³/mol. The van der Waals surface area contributed by atoms with Gasteiger partial charge in [-0.2, -0.15) is 0 Å². The molecule has 0 bridgehead atoms. The molecule has 0 atom stereocenters. The zero-order valence-corrected chi connectivity index (χ0v) is 15.0. The van der Waals surface area contributed by atoms with E-state index in [1.54, 1.807) is 16.7 Å². The van der Waals surface area contributed by atoms with Crippen molar-refractivity contribution in [3.05, 3.63) is 69.6 Å². The monoisotopic (exact) mass is 341 g/mol. The van der Waals surface area contributed by atoms with Crippen LogP contribution in [0.1, 0.15) is 29.7 Å². The van der Waals surface area contributed by atoms with E-state index in [1.165, 1.54) is 11.1 Å². The van der Waals surface area contributed by atoms with E-state index < -0.39 is 0 Å². The number of hydrogen-bond acceptors (Lipinski definition) is 2. The van der Waals surface area contributed by atoms with Gasteiger partial charge in [0.1, 0.15) is 0 Å². The number of nitrogens with one attached hydrogen (secondary N) is 2. The minimum absolute atomic E-state index is 0.0295. The lowest BCUT2D eigenvalue weighted by atomic mass is 10.1. The van der Waals surface area contributed by atoms with Gasteiger partial charge in [0, 0.05) is 31.4 Å². The van der Waals surface area contributed by atoms with Crippen LogP contribution in [-0.2, 0) is 13.0 Å². The molecule has 0 fully saturated rings. The summed E-state index contributed by atoms with van der Waals surface area (Å²) in [6.45, 7) is 5.90. The molecule has 0 unspecified atom stereocenters. The van der Waals surface area contributed by atoms with Gasteiger partial charge in [-0.1, -0.05) is 35.9 Å². The van der Waals surface area contributed by atoms with Gasteiger partial charge in [-0.25, -0.2) is 4.79 Å². The lowest BCUT2D eigenvalue weighted by Gasteiger charge is -2.10. The third-order valence-electron chi connectivity index (χ3n) is 4.18. The van der Waals surface area contributed by atoms with Gasteiger partial charge in [-0.05, 0) is 44.7 Å². The van der Waals surface area contributed by atoms with Crippen LogP contribution in [0.4, 0.5) is 4.79 Å². The molecule has 0 aliphatic carbocycles. The Bertz CT molecular complexity index is 735. The fraction of sp³-hybridized carbons (Fsp3) is 0.400. The molecule has 5 nitrogen and oxygen atoms in total. The van der Waals surface area contributed by atoms with Gasteiger partial charge in [-0.3, -0.25) is 4.79 Å². The Labute approximate surface area is 149 Å². The van der Waals surface area contributed by atoms with Gasteiger partial charge in [0.05, 0.1) is 0 Å². The summed E-state index contributed by atoms with van der Waals surface area (Å²) in [6.07, 6.45) is 2.52. The molecule has 0 aliphatic rings. The molecule has 2 rings (SSSR count). The Morgan fingerprint density at radius 2 is 1.68 bits per heavy atom. The van der Waals surface area contributed by atoms with E-state index >= 15 is 0 Å². The van der Waals surface area contributed by atoms with Crippen LogP contribution < -0.4 is 16.2 Å². The fourth-order valence-corrected chi connectivity index (χ4v) is 2.64. The lowest BCUT2D eigenvalue weighted by molar-refractivity contribution is 0.240. The van der Waals surface area contributed by atoms with Gasteiger partial charge >= 0.3 is 6.03 Å². The highest BCUT2D eigenvalue weighted by atomic mass is 16.2. The average molecular weight is 341 g/mol. The minimum atomic E-state index is -0.139. The number of rotatable bonds is 8. The van der Waals surface area contributed by atoms with Gasteiger partial charge in [0.15, 0.2) is 0 Å². The van der Waals surface area contributed by atoms with E-state index in [4.69, 9.17) is 0 Å². The highest BCUT2D eigenvalue weighted by Crippen LogP contribution is 2.03. The summed E-state index contributed by atoms with van der Waals surface area (Å²) in [5.41, 5.74) is 3.45. The highest BCUT2D eigenvalue weighted by Gasteiger charge is 2.01. The fourth-order valence-electron chi connectivity index (χ4n) is 2.64. The second-order valence-corrected chi connectivity index (χ2v) is 6.28. The van der Waals surface area contributed by atoms with Crippen LogP contribution >= 0.6 is 0 Å². The first-order chi connectivity index (χ1) is 12.1. The molecule has 5 heteroatoms. The number of carbonyl (C=O) groups excluding carboxylic acids is 1. The summed E-state index contributed by atoms with van der Waals surface area (Å²) in [6, 6.07) is 13.5. The Kier molecular flexibility index (Phi) is 7.26. The molecule has 2 amide bonds. The predicted octanol–water partition coefficient (Wildman–Crippen LogP) is 2.79. The molecular weight excluding hydrogens is 314 g/mol. The number of amides is 2. The topological polar surface area (TPSA) is 63.1 Å². The first-order valence-electron chi connectivity index (χ1n) is 8.80. The largest absolute Gasteiger partial charge is 0.338 e. The van der Waals surface area contributed by atoms with Crippen molar-refractivity contribution in [2.24, 2.45) is 0 Å². The first-order valence-corrected chi connectivity index (χ1v) is 8.80. The number of pyridine rings is 1. The van der Waals surface area contributed by atoms with Crippen LogP contribution in [0.2, 0.25) is 0 Å². The Morgan fingerprint density at radius 3 is 2.40 bits per heavy atom. The molecule has 1 aromatic heterocycles. The normalized spacial score (nSPS) is 10.5. The average Bonchev–Trinajstić information content (AvgIpc) is 2.58. The van der Waals surface area contributed by atoms with E-state index in [2.05, 4.69) is 41.8 Å². The standard InChI is InChI=1S/C20H27N3O2/c1-16-8-10-18(11-9-16)12-14-22-20(25)21-13-3-4-15-23-17(2)6-5-7-19(23)24/h5-11H,3-4,12-15H2,1-2H3,(H2,21,22,25). The maximum atomic E-state index is 11.8. The number of nitrogens with zero attached hydrogens (tertiary/aromatic N) is 1. The van der Waals surface area contributed by atoms with Crippen LogP contribution in [0.3, 0.4) is 0 Å². The van der Waals surface area contributed by atoms with Crippen molar-refractivity contribution < 1.29 is 4.79 Å². The van der Waals surface area contributed by atoms with Crippen LogP contribution in [0, 0.1) is 13.8 Å². The van der Waals surface area contributed by atoms with Crippen molar-refractivity contribution in [3.63, 3.8) is 0 Å². The molecule has 0 spiro atoms. The highest BCUT2D eigenvalue weighted by molar-refractivity contribution is 5.73. The van der Waals surface area contributed by atoms with Crippen molar-refractivity contribution in [1.82, 2.24) is 15.2 Å². The maximum absolute atomic E-state index is 11.8.